The largest absolute Gasteiger partial charge is 0.0843 e. The van der Waals surface area contributed by atoms with Gasteiger partial charge in [0.2, 0.25) is 0 Å². The molecule has 1 aromatic carbocycles. The summed E-state index contributed by atoms with van der Waals surface area (Å²) in [5.74, 6) is 2.84. The summed E-state index contributed by atoms with van der Waals surface area (Å²) in [5, 5.41) is 0.833. The van der Waals surface area contributed by atoms with Crippen molar-refractivity contribution >= 4 is 27.5 Å². The molecule has 19 heavy (non-hydrogen) atoms. The van der Waals surface area contributed by atoms with Crippen LogP contribution in [-0.4, -0.2) is 0 Å². The van der Waals surface area contributed by atoms with Crippen LogP contribution < -0.4 is 0 Å². The Morgan fingerprint density at radius 3 is 2.37 bits per heavy atom. The molecule has 2 fully saturated rings. The first-order valence-corrected chi connectivity index (χ1v) is 8.93. The molecule has 0 radical (unpaired) electrons. The molecule has 0 spiro atoms. The van der Waals surface area contributed by atoms with E-state index in [2.05, 4.69) is 28.1 Å². The quantitative estimate of drug-likeness (QED) is 0.547. The Bertz CT molecular complexity index is 414. The second-order valence-electron chi connectivity index (χ2n) is 6.33. The lowest BCUT2D eigenvalue weighted by Crippen LogP contribution is -2.29. The van der Waals surface area contributed by atoms with Crippen LogP contribution >= 0.6 is 27.5 Å². The Morgan fingerprint density at radius 2 is 1.63 bits per heavy atom. The molecule has 2 aliphatic rings. The van der Waals surface area contributed by atoms with Crippen molar-refractivity contribution in [3.05, 3.63) is 34.9 Å². The van der Waals surface area contributed by atoms with Gasteiger partial charge in [0.25, 0.3) is 0 Å². The highest BCUT2D eigenvalue weighted by atomic mass is 79.9. The number of benzene rings is 1. The molecule has 2 aliphatic carbocycles. The third-order valence-electron chi connectivity index (χ3n) is 5.18. The topological polar surface area (TPSA) is 0 Å². The molecule has 0 aromatic heterocycles. The van der Waals surface area contributed by atoms with Gasteiger partial charge in [-0.05, 0) is 54.7 Å². The first-order chi connectivity index (χ1) is 9.24. The molecular formula is C17H22BrCl. The predicted octanol–water partition coefficient (Wildman–Crippen LogP) is 6.38. The van der Waals surface area contributed by atoms with Crippen molar-refractivity contribution < 1.29 is 0 Å². The van der Waals surface area contributed by atoms with Gasteiger partial charge in [-0.2, -0.15) is 0 Å². The van der Waals surface area contributed by atoms with Gasteiger partial charge in [-0.3, -0.25) is 0 Å². The molecule has 0 saturated heterocycles. The SMILES string of the molecule is Clc1ccc(C(Br)C2CCC3CCCCC3C2)cc1. The normalized spacial score (nSPS) is 32.6. The van der Waals surface area contributed by atoms with Crippen molar-refractivity contribution in [3.63, 3.8) is 0 Å². The minimum atomic E-state index is 0.507. The van der Waals surface area contributed by atoms with Crippen LogP contribution in [0.15, 0.2) is 24.3 Å². The molecule has 0 amide bonds. The molecule has 0 nitrogen and oxygen atoms in total. The van der Waals surface area contributed by atoms with E-state index in [4.69, 9.17) is 11.6 Å². The molecule has 104 valence electrons. The van der Waals surface area contributed by atoms with Gasteiger partial charge in [0.15, 0.2) is 0 Å². The second kappa shape index (κ2) is 6.18. The van der Waals surface area contributed by atoms with Gasteiger partial charge in [0, 0.05) is 9.85 Å². The molecular weight excluding hydrogens is 320 g/mol. The van der Waals surface area contributed by atoms with Crippen LogP contribution in [0.2, 0.25) is 5.02 Å². The van der Waals surface area contributed by atoms with Crippen LogP contribution in [0.25, 0.3) is 0 Å². The third kappa shape index (κ3) is 3.19. The third-order valence-corrected chi connectivity index (χ3v) is 6.71. The summed E-state index contributed by atoms with van der Waals surface area (Å²) >= 11 is 9.92. The monoisotopic (exact) mass is 340 g/mol. The van der Waals surface area contributed by atoms with Gasteiger partial charge in [-0.1, -0.05) is 65.3 Å². The summed E-state index contributed by atoms with van der Waals surface area (Å²) in [5.41, 5.74) is 1.39. The maximum atomic E-state index is 5.98. The zero-order chi connectivity index (χ0) is 13.2. The first-order valence-electron chi connectivity index (χ1n) is 7.63. The van der Waals surface area contributed by atoms with Crippen LogP contribution in [0.5, 0.6) is 0 Å². The highest BCUT2D eigenvalue weighted by Gasteiger charge is 2.34. The van der Waals surface area contributed by atoms with E-state index in [1.165, 1.54) is 50.5 Å². The Hall–Kier alpha value is -0.0100. The summed E-state index contributed by atoms with van der Waals surface area (Å²) in [6, 6.07) is 8.37. The molecule has 3 rings (SSSR count). The average Bonchev–Trinajstić information content (AvgIpc) is 2.47. The van der Waals surface area contributed by atoms with E-state index in [-0.39, 0.29) is 0 Å². The van der Waals surface area contributed by atoms with Crippen molar-refractivity contribution in [2.45, 2.75) is 49.8 Å². The molecule has 2 heteroatoms. The average molecular weight is 342 g/mol. The molecule has 4 atom stereocenters. The molecule has 0 N–H and O–H groups in total. The zero-order valence-electron chi connectivity index (χ0n) is 11.3. The number of fused-ring (bicyclic) bond motifs is 1. The fourth-order valence-electron chi connectivity index (χ4n) is 4.09. The van der Waals surface area contributed by atoms with Crippen molar-refractivity contribution in [2.24, 2.45) is 17.8 Å². The van der Waals surface area contributed by atoms with E-state index in [9.17, 15) is 0 Å². The van der Waals surface area contributed by atoms with Crippen molar-refractivity contribution in [2.75, 3.05) is 0 Å². The lowest BCUT2D eigenvalue weighted by Gasteiger charge is -2.41. The summed E-state index contributed by atoms with van der Waals surface area (Å²) in [4.78, 5) is 0.507. The van der Waals surface area contributed by atoms with E-state index < -0.39 is 0 Å². The van der Waals surface area contributed by atoms with Gasteiger partial charge in [-0.15, -0.1) is 0 Å². The maximum Gasteiger partial charge on any atom is 0.0423 e. The standard InChI is InChI=1S/C17H22BrCl/c18-17(13-7-9-16(19)10-8-13)15-6-5-12-3-1-2-4-14(12)11-15/h7-10,12,14-15,17H,1-6,11H2. The van der Waals surface area contributed by atoms with E-state index >= 15 is 0 Å². The van der Waals surface area contributed by atoms with Crippen molar-refractivity contribution in [1.82, 2.24) is 0 Å². The summed E-state index contributed by atoms with van der Waals surface area (Å²) in [6.07, 6.45) is 10.2. The summed E-state index contributed by atoms with van der Waals surface area (Å²) in [6.45, 7) is 0. The molecule has 0 heterocycles. The van der Waals surface area contributed by atoms with Crippen LogP contribution in [-0.2, 0) is 0 Å². The van der Waals surface area contributed by atoms with E-state index in [1.807, 2.05) is 12.1 Å². The van der Waals surface area contributed by atoms with Crippen molar-refractivity contribution in [3.8, 4) is 0 Å². The number of rotatable bonds is 2. The Balaban J connectivity index is 1.67. The Kier molecular flexibility index (Phi) is 4.54. The predicted molar refractivity (Wildman–Crippen MR) is 85.9 cm³/mol. The van der Waals surface area contributed by atoms with E-state index in [1.54, 1.807) is 0 Å². The Morgan fingerprint density at radius 1 is 0.947 bits per heavy atom. The molecule has 0 aliphatic heterocycles. The second-order valence-corrected chi connectivity index (χ2v) is 7.75. The van der Waals surface area contributed by atoms with Gasteiger partial charge in [0.1, 0.15) is 0 Å². The number of hydrogen-bond donors (Lipinski definition) is 0. The summed E-state index contributed by atoms with van der Waals surface area (Å²) in [7, 11) is 0. The number of hydrogen-bond acceptors (Lipinski definition) is 0. The molecule has 2 saturated carbocycles. The maximum absolute atomic E-state index is 5.98. The van der Waals surface area contributed by atoms with Gasteiger partial charge >= 0.3 is 0 Å². The van der Waals surface area contributed by atoms with Gasteiger partial charge < -0.3 is 0 Å². The van der Waals surface area contributed by atoms with Crippen molar-refractivity contribution in [1.29, 1.82) is 0 Å². The zero-order valence-corrected chi connectivity index (χ0v) is 13.7. The lowest BCUT2D eigenvalue weighted by molar-refractivity contribution is 0.129. The lowest BCUT2D eigenvalue weighted by atomic mass is 9.66. The highest BCUT2D eigenvalue weighted by molar-refractivity contribution is 9.09. The van der Waals surface area contributed by atoms with Gasteiger partial charge in [0.05, 0.1) is 0 Å². The van der Waals surface area contributed by atoms with E-state index in [0.717, 1.165) is 22.8 Å². The van der Waals surface area contributed by atoms with Crippen LogP contribution in [0, 0.1) is 17.8 Å². The van der Waals surface area contributed by atoms with Crippen LogP contribution in [0.3, 0.4) is 0 Å². The molecule has 1 aromatic rings. The minimum Gasteiger partial charge on any atom is -0.0843 e. The first kappa shape index (κ1) is 13.9. The summed E-state index contributed by atoms with van der Waals surface area (Å²) < 4.78 is 0. The van der Waals surface area contributed by atoms with Gasteiger partial charge in [-0.25, -0.2) is 0 Å². The van der Waals surface area contributed by atoms with E-state index in [0.29, 0.717) is 4.83 Å². The number of halogens is 2. The smallest absolute Gasteiger partial charge is 0.0423 e. The minimum absolute atomic E-state index is 0.507. The number of alkyl halides is 1. The highest BCUT2D eigenvalue weighted by Crippen LogP contribution is 2.48. The molecule has 0 bridgehead atoms. The van der Waals surface area contributed by atoms with Crippen LogP contribution in [0.1, 0.15) is 55.3 Å². The fraction of sp³-hybridized carbons (Fsp3) is 0.647. The fourth-order valence-corrected chi connectivity index (χ4v) is 5.01. The van der Waals surface area contributed by atoms with Crippen LogP contribution in [0.4, 0.5) is 0 Å². The Labute approximate surface area is 130 Å². The molecule has 4 unspecified atom stereocenters.